The molecule has 0 N–H and O–H groups in total. The maximum Gasteiger partial charge on any atom is 0.329 e. The van der Waals surface area contributed by atoms with Crippen LogP contribution in [0.3, 0.4) is 0 Å². The number of amides is 1. The summed E-state index contributed by atoms with van der Waals surface area (Å²) in [5.41, 5.74) is 2.32. The molecule has 0 radical (unpaired) electrons. The summed E-state index contributed by atoms with van der Waals surface area (Å²) in [7, 11) is 0. The molecule has 1 unspecified atom stereocenters. The SMILES string of the molecule is CCOC(=O)C(CC)n1c(=NC(=O)c2cnc3ccccc3n2)sc2ccccc21. The van der Waals surface area contributed by atoms with Crippen LogP contribution in [0.4, 0.5) is 0 Å². The van der Waals surface area contributed by atoms with Gasteiger partial charge in [-0.3, -0.25) is 9.78 Å². The van der Waals surface area contributed by atoms with Gasteiger partial charge in [0.25, 0.3) is 5.91 Å². The molecule has 2 aromatic carbocycles. The van der Waals surface area contributed by atoms with Crippen molar-refractivity contribution in [3.05, 3.63) is 65.2 Å². The van der Waals surface area contributed by atoms with E-state index in [-0.39, 0.29) is 18.3 Å². The zero-order valence-corrected chi connectivity index (χ0v) is 17.4. The lowest BCUT2D eigenvalue weighted by Gasteiger charge is -2.16. The van der Waals surface area contributed by atoms with Gasteiger partial charge in [0.15, 0.2) is 4.80 Å². The van der Waals surface area contributed by atoms with Crippen molar-refractivity contribution in [1.82, 2.24) is 14.5 Å². The molecule has 0 fully saturated rings. The first-order valence-electron chi connectivity index (χ1n) is 9.70. The molecule has 4 aromatic rings. The molecule has 2 heterocycles. The molecule has 4 rings (SSSR count). The molecule has 30 heavy (non-hydrogen) atoms. The summed E-state index contributed by atoms with van der Waals surface area (Å²) in [5, 5.41) is 0. The zero-order chi connectivity index (χ0) is 21.1. The molecular weight excluding hydrogens is 400 g/mol. The number of hydrogen-bond acceptors (Lipinski definition) is 6. The second kappa shape index (κ2) is 8.54. The summed E-state index contributed by atoms with van der Waals surface area (Å²) < 4.78 is 7.97. The van der Waals surface area contributed by atoms with Crippen LogP contribution in [0.2, 0.25) is 0 Å². The predicted molar refractivity (Wildman–Crippen MR) is 115 cm³/mol. The van der Waals surface area contributed by atoms with Gasteiger partial charge in [-0.05, 0) is 37.6 Å². The Hall–Kier alpha value is -3.39. The van der Waals surface area contributed by atoms with E-state index in [2.05, 4.69) is 15.0 Å². The number of benzene rings is 2. The summed E-state index contributed by atoms with van der Waals surface area (Å²) in [6, 6.07) is 14.4. The number of esters is 1. The van der Waals surface area contributed by atoms with Crippen molar-refractivity contribution in [2.75, 3.05) is 6.61 Å². The van der Waals surface area contributed by atoms with E-state index in [4.69, 9.17) is 4.74 Å². The molecular formula is C22H20N4O3S. The topological polar surface area (TPSA) is 86.4 Å². The fraction of sp³-hybridized carbons (Fsp3) is 0.227. The molecule has 2 aromatic heterocycles. The highest BCUT2D eigenvalue weighted by molar-refractivity contribution is 7.16. The number of ether oxygens (including phenoxy) is 1. The van der Waals surface area contributed by atoms with Gasteiger partial charge >= 0.3 is 5.97 Å². The molecule has 1 amide bonds. The standard InChI is InChI=1S/C22H20N4O3S/c1-3-17(21(28)29-4-2)26-18-11-7-8-12-19(18)30-22(26)25-20(27)16-13-23-14-9-5-6-10-15(14)24-16/h5-13,17H,3-4H2,1-2H3. The van der Waals surface area contributed by atoms with Crippen molar-refractivity contribution in [2.24, 2.45) is 4.99 Å². The van der Waals surface area contributed by atoms with Crippen LogP contribution in [0.1, 0.15) is 36.8 Å². The van der Waals surface area contributed by atoms with Gasteiger partial charge in [-0.25, -0.2) is 9.78 Å². The van der Waals surface area contributed by atoms with Crippen LogP contribution < -0.4 is 4.80 Å². The Bertz CT molecular complexity index is 1310. The van der Waals surface area contributed by atoms with E-state index in [1.807, 2.05) is 49.4 Å². The van der Waals surface area contributed by atoms with Gasteiger partial charge in [0, 0.05) is 0 Å². The van der Waals surface area contributed by atoms with Crippen LogP contribution in [0.15, 0.2) is 59.7 Å². The van der Waals surface area contributed by atoms with Crippen LogP contribution in [0.25, 0.3) is 21.3 Å². The number of carbonyl (C=O) groups is 2. The zero-order valence-electron chi connectivity index (χ0n) is 16.6. The summed E-state index contributed by atoms with van der Waals surface area (Å²) in [5.74, 6) is -0.852. The smallest absolute Gasteiger partial charge is 0.329 e. The van der Waals surface area contributed by atoms with Crippen molar-refractivity contribution in [3.8, 4) is 0 Å². The minimum Gasteiger partial charge on any atom is -0.464 e. The van der Waals surface area contributed by atoms with E-state index in [9.17, 15) is 9.59 Å². The fourth-order valence-corrected chi connectivity index (χ4v) is 4.34. The predicted octanol–water partition coefficient (Wildman–Crippen LogP) is 3.90. The highest BCUT2D eigenvalue weighted by Crippen LogP contribution is 2.23. The van der Waals surface area contributed by atoms with E-state index in [0.29, 0.717) is 22.3 Å². The molecule has 0 aliphatic heterocycles. The fourth-order valence-electron chi connectivity index (χ4n) is 3.27. The van der Waals surface area contributed by atoms with Gasteiger partial charge < -0.3 is 9.30 Å². The average molecular weight is 420 g/mol. The number of thiazole rings is 1. The van der Waals surface area contributed by atoms with Gasteiger partial charge in [-0.2, -0.15) is 4.99 Å². The molecule has 0 aliphatic carbocycles. The normalized spacial score (nSPS) is 12.9. The maximum absolute atomic E-state index is 12.9. The Morgan fingerprint density at radius 3 is 2.60 bits per heavy atom. The Balaban J connectivity index is 1.85. The second-order valence-electron chi connectivity index (χ2n) is 6.56. The van der Waals surface area contributed by atoms with Gasteiger partial charge in [-0.15, -0.1) is 0 Å². The molecule has 0 bridgehead atoms. The monoisotopic (exact) mass is 420 g/mol. The lowest BCUT2D eigenvalue weighted by Crippen LogP contribution is -2.29. The van der Waals surface area contributed by atoms with Gasteiger partial charge in [0.1, 0.15) is 11.7 Å². The van der Waals surface area contributed by atoms with E-state index in [1.54, 1.807) is 17.6 Å². The summed E-state index contributed by atoms with van der Waals surface area (Å²) in [4.78, 5) is 38.9. The second-order valence-corrected chi connectivity index (χ2v) is 7.57. The number of para-hydroxylation sites is 3. The molecule has 0 saturated carbocycles. The Labute approximate surface area is 176 Å². The quantitative estimate of drug-likeness (QED) is 0.457. The molecule has 0 saturated heterocycles. The lowest BCUT2D eigenvalue weighted by atomic mass is 10.2. The highest BCUT2D eigenvalue weighted by atomic mass is 32.1. The number of fused-ring (bicyclic) bond motifs is 2. The lowest BCUT2D eigenvalue weighted by molar-refractivity contribution is -0.147. The number of hydrogen-bond donors (Lipinski definition) is 0. The summed E-state index contributed by atoms with van der Waals surface area (Å²) in [6.45, 7) is 3.96. The Kier molecular flexibility index (Phi) is 5.67. The van der Waals surface area contributed by atoms with E-state index in [1.165, 1.54) is 17.5 Å². The van der Waals surface area contributed by atoms with Crippen LogP contribution in [0, 0.1) is 0 Å². The number of carbonyl (C=O) groups excluding carboxylic acids is 2. The van der Waals surface area contributed by atoms with Crippen LogP contribution in [-0.2, 0) is 9.53 Å². The maximum atomic E-state index is 12.9. The largest absolute Gasteiger partial charge is 0.464 e. The Morgan fingerprint density at radius 2 is 1.83 bits per heavy atom. The number of nitrogens with zero attached hydrogens (tertiary/aromatic N) is 4. The third-order valence-corrected chi connectivity index (χ3v) is 5.69. The number of rotatable bonds is 5. The Morgan fingerprint density at radius 1 is 1.10 bits per heavy atom. The van der Waals surface area contributed by atoms with Gasteiger partial charge in [0.2, 0.25) is 0 Å². The molecule has 0 spiro atoms. The third kappa shape index (κ3) is 3.73. The molecule has 8 heteroatoms. The van der Waals surface area contributed by atoms with Crippen molar-refractivity contribution < 1.29 is 14.3 Å². The van der Waals surface area contributed by atoms with Crippen LogP contribution in [-0.4, -0.2) is 33.0 Å². The average Bonchev–Trinajstić information content (AvgIpc) is 3.12. The highest BCUT2D eigenvalue weighted by Gasteiger charge is 2.24. The first-order chi connectivity index (χ1) is 14.6. The summed E-state index contributed by atoms with van der Waals surface area (Å²) in [6.07, 6.45) is 1.94. The van der Waals surface area contributed by atoms with Gasteiger partial charge in [-0.1, -0.05) is 42.5 Å². The van der Waals surface area contributed by atoms with E-state index in [0.717, 1.165) is 10.2 Å². The van der Waals surface area contributed by atoms with Crippen molar-refractivity contribution in [3.63, 3.8) is 0 Å². The minimum absolute atomic E-state index is 0.155. The molecule has 1 atom stereocenters. The number of aromatic nitrogens is 3. The third-order valence-electron chi connectivity index (χ3n) is 4.65. The van der Waals surface area contributed by atoms with Crippen molar-refractivity contribution in [1.29, 1.82) is 0 Å². The van der Waals surface area contributed by atoms with Gasteiger partial charge in [0.05, 0.1) is 34.1 Å². The minimum atomic E-state index is -0.574. The summed E-state index contributed by atoms with van der Waals surface area (Å²) >= 11 is 1.35. The van der Waals surface area contributed by atoms with E-state index < -0.39 is 11.9 Å². The van der Waals surface area contributed by atoms with Crippen LogP contribution >= 0.6 is 11.3 Å². The van der Waals surface area contributed by atoms with Crippen LogP contribution in [0.5, 0.6) is 0 Å². The molecule has 0 aliphatic rings. The van der Waals surface area contributed by atoms with Crippen molar-refractivity contribution in [2.45, 2.75) is 26.3 Å². The molecule has 7 nitrogen and oxygen atoms in total. The first-order valence-corrected chi connectivity index (χ1v) is 10.5. The van der Waals surface area contributed by atoms with E-state index >= 15 is 0 Å². The van der Waals surface area contributed by atoms with Crippen molar-refractivity contribution >= 4 is 44.5 Å². The first kappa shape index (κ1) is 19.9. The molecule has 152 valence electrons.